The van der Waals surface area contributed by atoms with Gasteiger partial charge in [0.25, 0.3) is 0 Å². The number of carbonyl (C=O) groups is 1. The van der Waals surface area contributed by atoms with Crippen LogP contribution in [0.2, 0.25) is 0 Å². The summed E-state index contributed by atoms with van der Waals surface area (Å²) in [5, 5.41) is 0. The fraction of sp³-hybridized carbons (Fsp3) is 0.471. The first-order chi connectivity index (χ1) is 10.6. The summed E-state index contributed by atoms with van der Waals surface area (Å²) in [6.07, 6.45) is 6.79. The van der Waals surface area contributed by atoms with Crippen molar-refractivity contribution in [2.24, 2.45) is 5.92 Å². The summed E-state index contributed by atoms with van der Waals surface area (Å²) < 4.78 is 23.5. The van der Waals surface area contributed by atoms with Crippen molar-refractivity contribution in [3.05, 3.63) is 35.9 Å². The normalized spacial score (nSPS) is 23.6. The van der Waals surface area contributed by atoms with Crippen LogP contribution in [-0.2, 0) is 14.6 Å². The smallest absolute Gasteiger partial charge is 0.227 e. The standard InChI is InChI=1S/C17H21NO3S/c19-17(12-14-6-5-11-22(20,21)13-14)18-10-4-3-8-15-7-1-2-9-16(15)18/h1-3,7-9,14H,4-6,10-13H2. The maximum Gasteiger partial charge on any atom is 0.227 e. The van der Waals surface area contributed by atoms with Gasteiger partial charge in [-0.05, 0) is 36.8 Å². The number of amides is 1. The number of carbonyl (C=O) groups excluding carboxylic acids is 1. The van der Waals surface area contributed by atoms with Crippen molar-refractivity contribution in [1.82, 2.24) is 0 Å². The van der Waals surface area contributed by atoms with Crippen molar-refractivity contribution < 1.29 is 13.2 Å². The molecule has 1 saturated heterocycles. The second-order valence-electron chi connectivity index (χ2n) is 6.12. The van der Waals surface area contributed by atoms with Crippen LogP contribution in [0.3, 0.4) is 0 Å². The number of para-hydroxylation sites is 1. The predicted molar refractivity (Wildman–Crippen MR) is 88.4 cm³/mol. The molecule has 5 heteroatoms. The molecule has 0 N–H and O–H groups in total. The summed E-state index contributed by atoms with van der Waals surface area (Å²) in [5.41, 5.74) is 1.98. The third-order valence-corrected chi connectivity index (χ3v) is 6.26. The van der Waals surface area contributed by atoms with Gasteiger partial charge in [0.2, 0.25) is 5.91 Å². The van der Waals surface area contributed by atoms with Crippen LogP contribution in [0.4, 0.5) is 5.69 Å². The number of sulfone groups is 1. The summed E-state index contributed by atoms with van der Waals surface area (Å²) in [6, 6.07) is 7.86. The van der Waals surface area contributed by atoms with Crippen molar-refractivity contribution in [2.45, 2.75) is 25.7 Å². The molecule has 1 aromatic carbocycles. The van der Waals surface area contributed by atoms with Crippen molar-refractivity contribution >= 4 is 27.5 Å². The molecule has 1 unspecified atom stereocenters. The van der Waals surface area contributed by atoms with Gasteiger partial charge in [-0.1, -0.05) is 30.4 Å². The van der Waals surface area contributed by atoms with E-state index in [1.165, 1.54) is 0 Å². The Bertz CT molecular complexity index is 694. The van der Waals surface area contributed by atoms with Gasteiger partial charge in [-0.25, -0.2) is 8.42 Å². The zero-order chi connectivity index (χ0) is 15.6. The molecule has 2 aliphatic heterocycles. The van der Waals surface area contributed by atoms with Gasteiger partial charge in [-0.2, -0.15) is 0 Å². The zero-order valence-electron chi connectivity index (χ0n) is 12.6. The summed E-state index contributed by atoms with van der Waals surface area (Å²) in [5.74, 6) is 0.438. The highest BCUT2D eigenvalue weighted by atomic mass is 32.2. The molecule has 1 amide bonds. The quantitative estimate of drug-likeness (QED) is 0.842. The predicted octanol–water partition coefficient (Wildman–Crippen LogP) is 2.65. The van der Waals surface area contributed by atoms with E-state index in [2.05, 4.69) is 6.08 Å². The molecule has 0 aromatic heterocycles. The Morgan fingerprint density at radius 1 is 1.27 bits per heavy atom. The van der Waals surface area contributed by atoms with Crippen LogP contribution >= 0.6 is 0 Å². The van der Waals surface area contributed by atoms with E-state index >= 15 is 0 Å². The number of fused-ring (bicyclic) bond motifs is 1. The van der Waals surface area contributed by atoms with Gasteiger partial charge in [0.1, 0.15) is 0 Å². The minimum atomic E-state index is -2.96. The Morgan fingerprint density at radius 3 is 2.91 bits per heavy atom. The molecule has 1 fully saturated rings. The molecule has 0 bridgehead atoms. The lowest BCUT2D eigenvalue weighted by atomic mass is 10.0. The molecule has 1 atom stereocenters. The molecule has 2 aliphatic rings. The van der Waals surface area contributed by atoms with E-state index in [0.29, 0.717) is 19.4 Å². The first-order valence-corrected chi connectivity index (χ1v) is 9.64. The SMILES string of the molecule is O=C(CC1CCCS(=O)(=O)C1)N1CCC=Cc2ccccc21. The van der Waals surface area contributed by atoms with Crippen LogP contribution in [0, 0.1) is 5.92 Å². The second kappa shape index (κ2) is 6.24. The van der Waals surface area contributed by atoms with Crippen LogP contribution < -0.4 is 4.90 Å². The van der Waals surface area contributed by atoms with Gasteiger partial charge >= 0.3 is 0 Å². The molecule has 0 saturated carbocycles. The third-order valence-electron chi connectivity index (χ3n) is 4.37. The highest BCUT2D eigenvalue weighted by Gasteiger charge is 2.29. The van der Waals surface area contributed by atoms with Gasteiger partial charge in [0.15, 0.2) is 9.84 Å². The third kappa shape index (κ3) is 3.40. The zero-order valence-corrected chi connectivity index (χ0v) is 13.4. The van der Waals surface area contributed by atoms with Crippen LogP contribution in [0.15, 0.2) is 30.3 Å². The molecule has 0 aliphatic carbocycles. The van der Waals surface area contributed by atoms with Gasteiger partial charge in [-0.3, -0.25) is 4.79 Å². The lowest BCUT2D eigenvalue weighted by Crippen LogP contribution is -2.35. The number of rotatable bonds is 2. The van der Waals surface area contributed by atoms with Crippen molar-refractivity contribution in [2.75, 3.05) is 23.0 Å². The number of hydrogen-bond acceptors (Lipinski definition) is 3. The van der Waals surface area contributed by atoms with E-state index in [1.807, 2.05) is 35.2 Å². The van der Waals surface area contributed by atoms with Gasteiger partial charge in [0, 0.05) is 13.0 Å². The first kappa shape index (κ1) is 15.3. The van der Waals surface area contributed by atoms with Crippen molar-refractivity contribution in [3.8, 4) is 0 Å². The highest BCUT2D eigenvalue weighted by molar-refractivity contribution is 7.91. The van der Waals surface area contributed by atoms with Crippen molar-refractivity contribution in [3.63, 3.8) is 0 Å². The number of hydrogen-bond donors (Lipinski definition) is 0. The van der Waals surface area contributed by atoms with Gasteiger partial charge in [0.05, 0.1) is 17.2 Å². The largest absolute Gasteiger partial charge is 0.312 e. The Kier molecular flexibility index (Phi) is 4.34. The lowest BCUT2D eigenvalue weighted by molar-refractivity contribution is -0.119. The molecule has 4 nitrogen and oxygen atoms in total. The maximum absolute atomic E-state index is 12.7. The maximum atomic E-state index is 12.7. The number of anilines is 1. The van der Waals surface area contributed by atoms with Gasteiger partial charge < -0.3 is 4.90 Å². The van der Waals surface area contributed by atoms with E-state index < -0.39 is 9.84 Å². The molecule has 118 valence electrons. The highest BCUT2D eigenvalue weighted by Crippen LogP contribution is 2.28. The molecule has 1 aromatic rings. The van der Waals surface area contributed by atoms with E-state index in [-0.39, 0.29) is 23.3 Å². The topological polar surface area (TPSA) is 54.5 Å². The van der Waals surface area contributed by atoms with E-state index in [4.69, 9.17) is 0 Å². The van der Waals surface area contributed by atoms with E-state index in [0.717, 1.165) is 24.1 Å². The molecule has 0 spiro atoms. The number of benzene rings is 1. The van der Waals surface area contributed by atoms with Crippen LogP contribution in [-0.4, -0.2) is 32.4 Å². The fourth-order valence-corrected chi connectivity index (χ4v) is 5.08. The lowest BCUT2D eigenvalue weighted by Gasteiger charge is -2.27. The molecular weight excluding hydrogens is 298 g/mol. The molecular formula is C17H21NO3S. The Labute approximate surface area is 131 Å². The summed E-state index contributed by atoms with van der Waals surface area (Å²) in [6.45, 7) is 0.659. The van der Waals surface area contributed by atoms with E-state index in [9.17, 15) is 13.2 Å². The fourth-order valence-electron chi connectivity index (χ4n) is 3.30. The summed E-state index contributed by atoms with van der Waals surface area (Å²) in [4.78, 5) is 14.5. The van der Waals surface area contributed by atoms with Crippen molar-refractivity contribution in [1.29, 1.82) is 0 Å². The van der Waals surface area contributed by atoms with E-state index in [1.54, 1.807) is 0 Å². The molecule has 0 radical (unpaired) electrons. The summed E-state index contributed by atoms with van der Waals surface area (Å²) in [7, 11) is -2.96. The molecule has 22 heavy (non-hydrogen) atoms. The monoisotopic (exact) mass is 319 g/mol. The molecule has 3 rings (SSSR count). The minimum absolute atomic E-state index is 0.0328. The van der Waals surface area contributed by atoms with Crippen LogP contribution in [0.1, 0.15) is 31.2 Å². The van der Waals surface area contributed by atoms with Crippen LogP contribution in [0.25, 0.3) is 6.08 Å². The Hall–Kier alpha value is -1.62. The van der Waals surface area contributed by atoms with Gasteiger partial charge in [-0.15, -0.1) is 0 Å². The average Bonchev–Trinajstić information content (AvgIpc) is 2.68. The minimum Gasteiger partial charge on any atom is -0.312 e. The molecule has 2 heterocycles. The first-order valence-electron chi connectivity index (χ1n) is 7.81. The average molecular weight is 319 g/mol. The Morgan fingerprint density at radius 2 is 2.09 bits per heavy atom. The number of nitrogens with zero attached hydrogens (tertiary/aromatic N) is 1. The Balaban J connectivity index is 1.76. The summed E-state index contributed by atoms with van der Waals surface area (Å²) >= 11 is 0. The second-order valence-corrected chi connectivity index (χ2v) is 8.35. The van der Waals surface area contributed by atoms with Crippen LogP contribution in [0.5, 0.6) is 0 Å².